The summed E-state index contributed by atoms with van der Waals surface area (Å²) >= 11 is 0. The Morgan fingerprint density at radius 2 is 1.93 bits per heavy atom. The third-order valence-corrected chi connectivity index (χ3v) is 4.83. The van der Waals surface area contributed by atoms with Gasteiger partial charge in [0, 0.05) is 19.2 Å². The number of nitro benzene ring substituents is 1. The number of hydrogen-bond donors (Lipinski definition) is 0. The lowest BCUT2D eigenvalue weighted by atomic mass is 10.2. The number of amides is 1. The Hall–Kier alpha value is -3.49. The van der Waals surface area contributed by atoms with E-state index in [0.717, 1.165) is 30.9 Å². The van der Waals surface area contributed by atoms with Crippen molar-refractivity contribution in [3.05, 3.63) is 74.5 Å². The molecular formula is C21H22FN3O5. The van der Waals surface area contributed by atoms with Gasteiger partial charge in [0.25, 0.3) is 5.69 Å². The minimum absolute atomic E-state index is 0.0538. The lowest BCUT2D eigenvalue weighted by Gasteiger charge is -2.23. The molecule has 3 rings (SSSR count). The summed E-state index contributed by atoms with van der Waals surface area (Å²) in [7, 11) is 0. The molecule has 0 atom stereocenters. The Morgan fingerprint density at radius 1 is 1.20 bits per heavy atom. The van der Waals surface area contributed by atoms with Crippen LogP contribution >= 0.6 is 0 Å². The van der Waals surface area contributed by atoms with Gasteiger partial charge in [-0.2, -0.15) is 0 Å². The topological polar surface area (TPSA) is 98.6 Å². The third kappa shape index (κ3) is 4.91. The van der Waals surface area contributed by atoms with Crippen LogP contribution in [0.1, 0.15) is 31.7 Å². The summed E-state index contributed by atoms with van der Waals surface area (Å²) in [6.45, 7) is 2.60. The van der Waals surface area contributed by atoms with Gasteiger partial charge >= 0.3 is 5.76 Å². The van der Waals surface area contributed by atoms with Crippen molar-refractivity contribution in [3.63, 3.8) is 0 Å². The van der Waals surface area contributed by atoms with Crippen LogP contribution in [0.25, 0.3) is 11.1 Å². The molecule has 1 amide bonds. The number of aromatic nitrogens is 1. The first-order chi connectivity index (χ1) is 14.4. The van der Waals surface area contributed by atoms with Gasteiger partial charge in [-0.25, -0.2) is 9.18 Å². The van der Waals surface area contributed by atoms with Gasteiger partial charge in [-0.3, -0.25) is 19.5 Å². The summed E-state index contributed by atoms with van der Waals surface area (Å²) in [5.41, 5.74) is 0.945. The maximum atomic E-state index is 13.2. The van der Waals surface area contributed by atoms with Gasteiger partial charge in [-0.15, -0.1) is 0 Å². The molecule has 0 aliphatic heterocycles. The number of hydrogen-bond acceptors (Lipinski definition) is 5. The fourth-order valence-electron chi connectivity index (χ4n) is 3.21. The van der Waals surface area contributed by atoms with Gasteiger partial charge in [0.15, 0.2) is 5.58 Å². The summed E-state index contributed by atoms with van der Waals surface area (Å²) in [5.74, 6) is -1.40. The first kappa shape index (κ1) is 21.2. The SMILES string of the molecule is CCCCCN(Cc1ccc(F)cc1)C(=O)Cn1c(=O)oc2cc([N+](=O)[O-])ccc21. The molecule has 30 heavy (non-hydrogen) atoms. The lowest BCUT2D eigenvalue weighted by molar-refractivity contribution is -0.384. The summed E-state index contributed by atoms with van der Waals surface area (Å²) in [6.07, 6.45) is 2.74. The van der Waals surface area contributed by atoms with Crippen LogP contribution in [-0.4, -0.2) is 26.8 Å². The number of carbonyl (C=O) groups is 1. The molecule has 1 heterocycles. The van der Waals surface area contributed by atoms with E-state index in [4.69, 9.17) is 4.42 Å². The molecule has 0 radical (unpaired) electrons. The van der Waals surface area contributed by atoms with E-state index >= 15 is 0 Å². The summed E-state index contributed by atoms with van der Waals surface area (Å²) in [4.78, 5) is 37.2. The van der Waals surface area contributed by atoms with E-state index in [-0.39, 0.29) is 29.5 Å². The maximum absolute atomic E-state index is 13.2. The van der Waals surface area contributed by atoms with Crippen molar-refractivity contribution >= 4 is 22.7 Å². The molecule has 0 saturated heterocycles. The van der Waals surface area contributed by atoms with Crippen molar-refractivity contribution in [2.75, 3.05) is 6.54 Å². The van der Waals surface area contributed by atoms with Crippen LogP contribution < -0.4 is 5.76 Å². The molecule has 0 fully saturated rings. The number of halogens is 1. The largest absolute Gasteiger partial charge is 0.420 e. The molecule has 2 aromatic carbocycles. The highest BCUT2D eigenvalue weighted by atomic mass is 19.1. The second-order valence-electron chi connectivity index (χ2n) is 7.01. The van der Waals surface area contributed by atoms with E-state index in [9.17, 15) is 24.1 Å². The van der Waals surface area contributed by atoms with E-state index in [0.29, 0.717) is 18.6 Å². The molecule has 3 aromatic rings. The van der Waals surface area contributed by atoms with E-state index in [1.807, 2.05) is 0 Å². The Bertz CT molecular complexity index is 1100. The Labute approximate surface area is 171 Å². The molecule has 158 valence electrons. The smallest absolute Gasteiger partial charge is 0.407 e. The second kappa shape index (κ2) is 9.34. The van der Waals surface area contributed by atoms with Crippen molar-refractivity contribution in [1.82, 2.24) is 9.47 Å². The molecular weight excluding hydrogens is 393 g/mol. The van der Waals surface area contributed by atoms with Gasteiger partial charge in [-0.1, -0.05) is 31.9 Å². The summed E-state index contributed by atoms with van der Waals surface area (Å²) < 4.78 is 19.4. The molecule has 9 heteroatoms. The van der Waals surface area contributed by atoms with Crippen molar-refractivity contribution in [1.29, 1.82) is 0 Å². The van der Waals surface area contributed by atoms with Crippen molar-refractivity contribution in [2.24, 2.45) is 0 Å². The standard InChI is InChI=1S/C21H22FN3O5/c1-2-3-4-11-23(13-15-5-7-16(22)8-6-15)20(26)14-24-18-10-9-17(25(28)29)12-19(18)30-21(24)27/h5-10,12H,2-4,11,13-14H2,1H3. The van der Waals surface area contributed by atoms with E-state index in [1.54, 1.807) is 17.0 Å². The average Bonchev–Trinajstić information content (AvgIpc) is 3.03. The number of nitrogens with zero attached hydrogens (tertiary/aromatic N) is 3. The Kier molecular flexibility index (Phi) is 6.61. The summed E-state index contributed by atoms with van der Waals surface area (Å²) in [5, 5.41) is 10.9. The quantitative estimate of drug-likeness (QED) is 0.300. The van der Waals surface area contributed by atoms with E-state index < -0.39 is 10.7 Å². The van der Waals surface area contributed by atoms with Gasteiger partial charge in [0.1, 0.15) is 12.4 Å². The first-order valence-corrected chi connectivity index (χ1v) is 9.69. The minimum Gasteiger partial charge on any atom is -0.407 e. The minimum atomic E-state index is -0.755. The average molecular weight is 415 g/mol. The molecule has 0 bridgehead atoms. The van der Waals surface area contributed by atoms with Crippen molar-refractivity contribution in [2.45, 2.75) is 39.3 Å². The third-order valence-electron chi connectivity index (χ3n) is 4.83. The zero-order chi connectivity index (χ0) is 21.7. The van der Waals surface area contributed by atoms with Crippen LogP contribution in [0, 0.1) is 15.9 Å². The predicted octanol–water partition coefficient (Wildman–Crippen LogP) is 3.86. The molecule has 1 aromatic heterocycles. The molecule has 0 aliphatic rings. The number of unbranched alkanes of at least 4 members (excludes halogenated alkanes) is 2. The Balaban J connectivity index is 1.83. The lowest BCUT2D eigenvalue weighted by Crippen LogP contribution is -2.36. The van der Waals surface area contributed by atoms with Crippen molar-refractivity contribution in [3.8, 4) is 0 Å². The second-order valence-corrected chi connectivity index (χ2v) is 7.01. The van der Waals surface area contributed by atoms with Gasteiger partial charge < -0.3 is 9.32 Å². The van der Waals surface area contributed by atoms with E-state index in [2.05, 4.69) is 6.92 Å². The fourth-order valence-corrected chi connectivity index (χ4v) is 3.21. The van der Waals surface area contributed by atoms with Crippen LogP contribution in [-0.2, 0) is 17.9 Å². The van der Waals surface area contributed by atoms with E-state index in [1.165, 1.54) is 28.8 Å². The number of oxazole rings is 1. The fraction of sp³-hybridized carbons (Fsp3) is 0.333. The van der Waals surface area contributed by atoms with Gasteiger partial charge in [0.2, 0.25) is 5.91 Å². The number of nitro groups is 1. The van der Waals surface area contributed by atoms with Crippen LogP contribution in [0.15, 0.2) is 51.7 Å². The number of non-ortho nitro benzene ring substituents is 1. The van der Waals surface area contributed by atoms with Crippen molar-refractivity contribution < 1.29 is 18.5 Å². The highest BCUT2D eigenvalue weighted by Crippen LogP contribution is 2.20. The number of carbonyl (C=O) groups excluding carboxylic acids is 1. The molecule has 0 aliphatic carbocycles. The zero-order valence-corrected chi connectivity index (χ0v) is 16.5. The van der Waals surface area contributed by atoms with Gasteiger partial charge in [-0.05, 0) is 30.2 Å². The first-order valence-electron chi connectivity index (χ1n) is 9.69. The number of benzene rings is 2. The van der Waals surface area contributed by atoms with Crippen LogP contribution in [0.5, 0.6) is 0 Å². The van der Waals surface area contributed by atoms with Gasteiger partial charge in [0.05, 0.1) is 16.5 Å². The monoisotopic (exact) mass is 415 g/mol. The summed E-state index contributed by atoms with van der Waals surface area (Å²) in [6, 6.07) is 9.73. The number of fused-ring (bicyclic) bond motifs is 1. The van der Waals surface area contributed by atoms with Crippen LogP contribution in [0.3, 0.4) is 0 Å². The van der Waals surface area contributed by atoms with Crippen LogP contribution in [0.4, 0.5) is 10.1 Å². The highest BCUT2D eigenvalue weighted by Gasteiger charge is 2.20. The Morgan fingerprint density at radius 3 is 2.60 bits per heavy atom. The number of rotatable bonds is 9. The molecule has 0 unspecified atom stereocenters. The molecule has 0 saturated carbocycles. The normalized spacial score (nSPS) is 11.0. The maximum Gasteiger partial charge on any atom is 0.420 e. The highest BCUT2D eigenvalue weighted by molar-refractivity contribution is 5.80. The predicted molar refractivity (Wildman–Crippen MR) is 108 cm³/mol. The molecule has 0 N–H and O–H groups in total. The van der Waals surface area contributed by atoms with Crippen LogP contribution in [0.2, 0.25) is 0 Å². The zero-order valence-electron chi connectivity index (χ0n) is 16.5. The molecule has 8 nitrogen and oxygen atoms in total. The molecule has 0 spiro atoms.